The standard InChI is InChI=1S/C40H50F2N4O6.C25H33F2N3O3/c1-26-16-29(21-30(17-26)38(49)45-13-9-12-33(45)25-51-5)37(48)43-34(20-28-18-31(41)22-32(42)19-28)36(47)35-24-44(23-27-10-7-6-8-11-27)14-15-46(35)39(50)52-40(2,3)4;1-25(2,3)33-24(32)30-10-9-29(15-17-7-5-4-6-8-17)16-22(30)23(31)21(28)13-18-11-19(26)14-20(27)12-18/h6-8,10-11,16-19,21-22,33-36,47H,9,12-15,20,23-25H2,1-5H3,(H,43,48);4-8,11-12,14,21-23,31H,9-10,13,15-16,28H2,1-3H3/t33-,34+,35-,36+;21?,22-,23+/m11/s1. The van der Waals surface area contributed by atoms with E-state index in [1.807, 2.05) is 60.7 Å². The summed E-state index contributed by atoms with van der Waals surface area (Å²) < 4.78 is 72.6. The summed E-state index contributed by atoms with van der Waals surface area (Å²) in [4.78, 5) is 63.2. The zero-order chi connectivity index (χ0) is 61.8. The van der Waals surface area contributed by atoms with E-state index in [1.54, 1.807) is 72.6 Å². The molecule has 0 saturated carbocycles. The summed E-state index contributed by atoms with van der Waals surface area (Å²) in [7, 11) is 1.60. The van der Waals surface area contributed by atoms with Gasteiger partial charge in [-0.15, -0.1) is 0 Å². The zero-order valence-electron chi connectivity index (χ0n) is 50.0. The van der Waals surface area contributed by atoms with Crippen LogP contribution in [-0.2, 0) is 40.1 Å². The fourth-order valence-corrected chi connectivity index (χ4v) is 11.2. The van der Waals surface area contributed by atoms with E-state index >= 15 is 0 Å². The van der Waals surface area contributed by atoms with Gasteiger partial charge in [-0.2, -0.15) is 0 Å². The van der Waals surface area contributed by atoms with Crippen LogP contribution in [-0.4, -0.2) is 172 Å². The summed E-state index contributed by atoms with van der Waals surface area (Å²) in [6.07, 6.45) is -2.07. The molecular formula is C65H83F4N7O9. The average Bonchev–Trinajstić information content (AvgIpc) is 2.43. The molecule has 7 atom stereocenters. The van der Waals surface area contributed by atoms with Gasteiger partial charge in [0, 0.05) is 95.3 Å². The number of carbonyl (C=O) groups is 4. The Balaban J connectivity index is 0.000000270. The number of methoxy groups -OCH3 is 1. The van der Waals surface area contributed by atoms with Gasteiger partial charge in [0.2, 0.25) is 0 Å². The summed E-state index contributed by atoms with van der Waals surface area (Å²) in [5.41, 5.74) is 8.73. The molecule has 3 aliphatic heterocycles. The van der Waals surface area contributed by atoms with E-state index < -0.39 is 88.9 Å². The Kier molecular flexibility index (Phi) is 22.7. The van der Waals surface area contributed by atoms with Gasteiger partial charge in [0.05, 0.1) is 43.0 Å². The first kappa shape index (κ1) is 65.6. The van der Waals surface area contributed by atoms with Gasteiger partial charge in [-0.3, -0.25) is 29.2 Å². The van der Waals surface area contributed by atoms with Crippen LogP contribution in [0.15, 0.2) is 115 Å². The molecule has 5 aromatic carbocycles. The van der Waals surface area contributed by atoms with Gasteiger partial charge in [-0.1, -0.05) is 60.7 Å². The SMILES string of the molecule is CC(C)(C)OC(=O)N1CCN(Cc2ccccc2)C[C@@H]1[C@@H](O)C(N)Cc1cc(F)cc(F)c1.COC[C@H]1CCCN1C(=O)c1cc(C)cc(C(=O)N[C@@H](Cc2cc(F)cc(F)c2)[C@H](O)[C@H]2CN(Cc3ccccc3)CCN2C(=O)OC(C)(C)C)c1. The fraction of sp³-hybridized carbons (Fsp3) is 0.477. The minimum absolute atomic E-state index is 0.0627. The lowest BCUT2D eigenvalue weighted by atomic mass is 9.93. The minimum Gasteiger partial charge on any atom is -0.444 e. The van der Waals surface area contributed by atoms with Gasteiger partial charge in [0.1, 0.15) is 34.5 Å². The molecule has 1 unspecified atom stereocenters. The molecule has 85 heavy (non-hydrogen) atoms. The van der Waals surface area contributed by atoms with E-state index in [1.165, 1.54) is 28.0 Å². The number of ether oxygens (including phenoxy) is 3. The lowest BCUT2D eigenvalue weighted by molar-refractivity contribution is -0.0413. The largest absolute Gasteiger partial charge is 0.444 e. The highest BCUT2D eigenvalue weighted by Crippen LogP contribution is 2.27. The predicted octanol–water partition coefficient (Wildman–Crippen LogP) is 8.66. The number of rotatable bonds is 17. The molecule has 16 nitrogen and oxygen atoms in total. The monoisotopic (exact) mass is 1180 g/mol. The van der Waals surface area contributed by atoms with Gasteiger partial charge < -0.3 is 40.4 Å². The third-order valence-electron chi connectivity index (χ3n) is 15.1. The normalized spacial score (nSPS) is 19.3. The van der Waals surface area contributed by atoms with Crippen LogP contribution in [0.3, 0.4) is 0 Å². The number of aliphatic hydroxyl groups excluding tert-OH is 2. The molecule has 3 saturated heterocycles. The number of nitrogens with zero attached hydrogens (tertiary/aromatic N) is 5. The highest BCUT2D eigenvalue weighted by molar-refractivity contribution is 6.00. The predicted molar refractivity (Wildman–Crippen MR) is 315 cm³/mol. The maximum atomic E-state index is 14.4. The molecule has 4 amide bonds. The van der Waals surface area contributed by atoms with Crippen molar-refractivity contribution in [2.45, 2.75) is 141 Å². The van der Waals surface area contributed by atoms with Crippen molar-refractivity contribution in [3.05, 3.63) is 177 Å². The Hall–Kier alpha value is -6.94. The van der Waals surface area contributed by atoms with Gasteiger partial charge in [0.15, 0.2) is 0 Å². The first-order chi connectivity index (χ1) is 40.2. The molecular weight excluding hydrogens is 1100 g/mol. The number of benzene rings is 5. The van der Waals surface area contributed by atoms with Crippen molar-refractivity contribution in [2.75, 3.05) is 59.5 Å². The van der Waals surface area contributed by atoms with Crippen molar-refractivity contribution in [1.29, 1.82) is 0 Å². The molecule has 0 radical (unpaired) electrons. The summed E-state index contributed by atoms with van der Waals surface area (Å²) in [6.45, 7) is 17.0. The zero-order valence-corrected chi connectivity index (χ0v) is 50.0. The van der Waals surface area contributed by atoms with Crippen LogP contribution < -0.4 is 11.1 Å². The molecule has 5 N–H and O–H groups in total. The number of amides is 4. The number of hydrogen-bond acceptors (Lipinski definition) is 12. The molecule has 20 heteroatoms. The molecule has 460 valence electrons. The van der Waals surface area contributed by atoms with E-state index in [4.69, 9.17) is 19.9 Å². The van der Waals surface area contributed by atoms with Crippen molar-refractivity contribution in [1.82, 2.24) is 29.8 Å². The van der Waals surface area contributed by atoms with E-state index in [0.29, 0.717) is 69.1 Å². The maximum absolute atomic E-state index is 14.4. The lowest BCUT2D eigenvalue weighted by Crippen LogP contribution is -2.64. The number of aliphatic hydroxyl groups is 2. The van der Waals surface area contributed by atoms with Crippen molar-refractivity contribution >= 4 is 24.0 Å². The van der Waals surface area contributed by atoms with E-state index in [9.17, 15) is 47.0 Å². The van der Waals surface area contributed by atoms with Crippen LogP contribution in [0.25, 0.3) is 0 Å². The molecule has 0 bridgehead atoms. The second-order valence-electron chi connectivity index (χ2n) is 24.4. The van der Waals surface area contributed by atoms with E-state index in [-0.39, 0.29) is 49.0 Å². The first-order valence-electron chi connectivity index (χ1n) is 29.0. The summed E-state index contributed by atoms with van der Waals surface area (Å²) in [5, 5.41) is 26.3. The highest BCUT2D eigenvalue weighted by Gasteiger charge is 2.42. The smallest absolute Gasteiger partial charge is 0.410 e. The third-order valence-corrected chi connectivity index (χ3v) is 15.1. The molecule has 3 heterocycles. The summed E-state index contributed by atoms with van der Waals surface area (Å²) in [5.74, 6) is -3.80. The van der Waals surface area contributed by atoms with Gasteiger partial charge in [-0.25, -0.2) is 27.2 Å². The Morgan fingerprint density at radius 2 is 1.06 bits per heavy atom. The molecule has 0 spiro atoms. The van der Waals surface area contributed by atoms with E-state index in [2.05, 4.69) is 15.1 Å². The average molecular weight is 1180 g/mol. The number of nitrogens with two attached hydrogens (primary N) is 1. The Bertz CT molecular complexity index is 3000. The molecule has 3 fully saturated rings. The maximum Gasteiger partial charge on any atom is 0.410 e. The molecule has 8 rings (SSSR count). The van der Waals surface area contributed by atoms with Crippen molar-refractivity contribution in [3.8, 4) is 0 Å². The van der Waals surface area contributed by atoms with Crippen LogP contribution in [0.2, 0.25) is 0 Å². The number of carbonyl (C=O) groups excluding carboxylic acids is 4. The number of aryl methyl sites for hydroxylation is 1. The van der Waals surface area contributed by atoms with Gasteiger partial charge in [0.25, 0.3) is 11.8 Å². The highest BCUT2D eigenvalue weighted by atomic mass is 19.1. The lowest BCUT2D eigenvalue weighted by Gasteiger charge is -2.45. The Labute approximate surface area is 496 Å². The van der Waals surface area contributed by atoms with Crippen molar-refractivity contribution in [3.63, 3.8) is 0 Å². The molecule has 0 aliphatic carbocycles. The second kappa shape index (κ2) is 29.4. The Morgan fingerprint density at radius 3 is 1.53 bits per heavy atom. The van der Waals surface area contributed by atoms with Crippen LogP contribution >= 0.6 is 0 Å². The number of likely N-dealkylation sites (tertiary alicyclic amines) is 1. The van der Waals surface area contributed by atoms with Crippen LogP contribution in [0.4, 0.5) is 27.2 Å². The fourth-order valence-electron chi connectivity index (χ4n) is 11.2. The quantitative estimate of drug-likeness (QED) is 0.0650. The third kappa shape index (κ3) is 19.3. The molecule has 3 aliphatic rings. The number of piperazine rings is 2. The van der Waals surface area contributed by atoms with Gasteiger partial charge in [-0.05, 0) is 144 Å². The summed E-state index contributed by atoms with van der Waals surface area (Å²) in [6, 6.07) is 27.4. The number of nitrogens with one attached hydrogen (secondary N) is 1. The number of hydrogen-bond donors (Lipinski definition) is 4. The van der Waals surface area contributed by atoms with Gasteiger partial charge >= 0.3 is 12.2 Å². The minimum atomic E-state index is -1.40. The van der Waals surface area contributed by atoms with Crippen LogP contribution in [0.5, 0.6) is 0 Å². The van der Waals surface area contributed by atoms with Crippen molar-refractivity contribution in [2.24, 2.45) is 5.73 Å². The topological polar surface area (TPSA) is 191 Å². The van der Waals surface area contributed by atoms with Crippen molar-refractivity contribution < 1.29 is 61.2 Å². The molecule has 0 aromatic heterocycles. The molecule has 5 aromatic rings. The number of halogens is 4. The van der Waals surface area contributed by atoms with Crippen LogP contribution in [0.1, 0.15) is 103 Å². The summed E-state index contributed by atoms with van der Waals surface area (Å²) >= 11 is 0. The second-order valence-corrected chi connectivity index (χ2v) is 24.4. The van der Waals surface area contributed by atoms with Crippen LogP contribution in [0, 0.1) is 30.2 Å². The van der Waals surface area contributed by atoms with E-state index in [0.717, 1.165) is 48.2 Å². The Morgan fingerprint density at radius 1 is 0.600 bits per heavy atom. The first-order valence-corrected chi connectivity index (χ1v) is 29.0.